The van der Waals surface area contributed by atoms with Crippen LogP contribution in [0.5, 0.6) is 5.75 Å². The first-order chi connectivity index (χ1) is 15.0. The maximum absolute atomic E-state index is 14.3. The first-order valence-corrected chi connectivity index (χ1v) is 9.99. The topological polar surface area (TPSA) is 75.9 Å². The van der Waals surface area contributed by atoms with Gasteiger partial charge in [-0.15, -0.1) is 0 Å². The minimum absolute atomic E-state index is 0.0460. The molecule has 1 heterocycles. The zero-order chi connectivity index (χ0) is 23.6. The zero-order valence-corrected chi connectivity index (χ0v) is 17.6. The predicted octanol–water partition coefficient (Wildman–Crippen LogP) is 3.69. The van der Waals surface area contributed by atoms with E-state index in [9.17, 15) is 27.2 Å². The van der Waals surface area contributed by atoms with Gasteiger partial charge in [0, 0.05) is 31.7 Å². The molecule has 2 N–H and O–H groups in total. The molecule has 2 aromatic rings. The number of anilines is 1. The molecule has 0 radical (unpaired) electrons. The van der Waals surface area contributed by atoms with Gasteiger partial charge in [0.25, 0.3) is 5.91 Å². The highest BCUT2D eigenvalue weighted by atomic mass is 19.4. The second kappa shape index (κ2) is 9.05. The number of rotatable bonds is 5. The van der Waals surface area contributed by atoms with Gasteiger partial charge in [0.1, 0.15) is 11.6 Å². The molecule has 6 nitrogen and oxygen atoms in total. The lowest BCUT2D eigenvalue weighted by atomic mass is 10.1. The Balaban J connectivity index is 1.76. The number of alkyl halides is 3. The van der Waals surface area contributed by atoms with Gasteiger partial charge in [-0.1, -0.05) is 0 Å². The summed E-state index contributed by atoms with van der Waals surface area (Å²) in [5.41, 5.74) is 4.67. The Morgan fingerprint density at radius 2 is 1.69 bits per heavy atom. The summed E-state index contributed by atoms with van der Waals surface area (Å²) in [6.07, 6.45) is -4.83. The lowest BCUT2D eigenvalue weighted by Crippen LogP contribution is -2.49. The number of halogens is 4. The number of ether oxygens (including phenoxy) is 1. The third-order valence-corrected chi connectivity index (χ3v) is 5.04. The van der Waals surface area contributed by atoms with Gasteiger partial charge in [0.05, 0.1) is 22.9 Å². The predicted molar refractivity (Wildman–Crippen MR) is 110 cm³/mol. The van der Waals surface area contributed by atoms with Crippen LogP contribution in [0.3, 0.4) is 0 Å². The summed E-state index contributed by atoms with van der Waals surface area (Å²) < 4.78 is 58.3. The van der Waals surface area contributed by atoms with Gasteiger partial charge < -0.3 is 20.3 Å². The van der Waals surface area contributed by atoms with Crippen molar-refractivity contribution in [2.75, 3.05) is 31.1 Å². The molecule has 10 heteroatoms. The molecule has 0 saturated carbocycles. The standard InChI is InChI=1S/C22H23F4N3O3/c1-13(2)32-19-6-3-14(20(27)30)11-16(19)21(31)29-9-7-28(8-10-29)18-5-4-15(12-17(18)23)22(24,25)26/h3-6,11-13H,7-10H2,1-2H3,(H2,27,30). The summed E-state index contributed by atoms with van der Waals surface area (Å²) in [6, 6.07) is 6.77. The fourth-order valence-electron chi connectivity index (χ4n) is 3.47. The van der Waals surface area contributed by atoms with Gasteiger partial charge in [-0.05, 0) is 50.2 Å². The van der Waals surface area contributed by atoms with Crippen LogP contribution in [-0.4, -0.2) is 49.0 Å². The van der Waals surface area contributed by atoms with E-state index in [0.29, 0.717) is 11.8 Å². The monoisotopic (exact) mass is 453 g/mol. The van der Waals surface area contributed by atoms with Crippen molar-refractivity contribution >= 4 is 17.5 Å². The second-order valence-electron chi connectivity index (χ2n) is 7.68. The smallest absolute Gasteiger partial charge is 0.416 e. The molecule has 0 bridgehead atoms. The molecule has 3 rings (SSSR count). The highest BCUT2D eigenvalue weighted by Gasteiger charge is 2.32. The summed E-state index contributed by atoms with van der Waals surface area (Å²) in [5, 5.41) is 0. The number of benzene rings is 2. The molecule has 1 aliphatic rings. The lowest BCUT2D eigenvalue weighted by molar-refractivity contribution is -0.137. The number of carbonyl (C=O) groups excluding carboxylic acids is 2. The van der Waals surface area contributed by atoms with Crippen molar-refractivity contribution in [2.45, 2.75) is 26.1 Å². The van der Waals surface area contributed by atoms with E-state index in [4.69, 9.17) is 10.5 Å². The largest absolute Gasteiger partial charge is 0.490 e. The third kappa shape index (κ3) is 5.12. The Morgan fingerprint density at radius 1 is 1.03 bits per heavy atom. The van der Waals surface area contributed by atoms with E-state index in [2.05, 4.69) is 0 Å². The van der Waals surface area contributed by atoms with Crippen LogP contribution in [0.25, 0.3) is 0 Å². The fraction of sp³-hybridized carbons (Fsp3) is 0.364. The molecular formula is C22H23F4N3O3. The molecule has 0 atom stereocenters. The minimum Gasteiger partial charge on any atom is -0.490 e. The van der Waals surface area contributed by atoms with Crippen molar-refractivity contribution in [3.63, 3.8) is 0 Å². The molecule has 172 valence electrons. The van der Waals surface area contributed by atoms with E-state index in [1.807, 2.05) is 0 Å². The lowest BCUT2D eigenvalue weighted by Gasteiger charge is -2.36. The molecule has 0 aromatic heterocycles. The van der Waals surface area contributed by atoms with Gasteiger partial charge in [-0.3, -0.25) is 9.59 Å². The number of amides is 2. The zero-order valence-electron chi connectivity index (χ0n) is 17.6. The fourth-order valence-corrected chi connectivity index (χ4v) is 3.47. The van der Waals surface area contributed by atoms with Crippen molar-refractivity contribution in [3.8, 4) is 5.75 Å². The quantitative estimate of drug-likeness (QED) is 0.701. The van der Waals surface area contributed by atoms with Gasteiger partial charge >= 0.3 is 6.18 Å². The number of hydrogen-bond donors (Lipinski definition) is 1. The number of nitrogens with zero attached hydrogens (tertiary/aromatic N) is 2. The van der Waals surface area contributed by atoms with E-state index < -0.39 is 23.5 Å². The summed E-state index contributed by atoms with van der Waals surface area (Å²) in [4.78, 5) is 27.8. The van der Waals surface area contributed by atoms with E-state index in [1.165, 1.54) is 23.1 Å². The summed E-state index contributed by atoms with van der Waals surface area (Å²) in [5.74, 6) is -1.72. The Hall–Kier alpha value is -3.30. The van der Waals surface area contributed by atoms with E-state index >= 15 is 0 Å². The SMILES string of the molecule is CC(C)Oc1ccc(C(N)=O)cc1C(=O)N1CCN(c2ccc(C(F)(F)F)cc2F)CC1. The van der Waals surface area contributed by atoms with Gasteiger partial charge in [-0.25, -0.2) is 4.39 Å². The van der Waals surface area contributed by atoms with Crippen molar-refractivity contribution in [2.24, 2.45) is 5.73 Å². The molecule has 1 fully saturated rings. The molecule has 1 aliphatic heterocycles. The van der Waals surface area contributed by atoms with Crippen molar-refractivity contribution < 1.29 is 31.9 Å². The summed E-state index contributed by atoms with van der Waals surface area (Å²) in [6.45, 7) is 4.47. The highest BCUT2D eigenvalue weighted by molar-refractivity contribution is 6.01. The first-order valence-electron chi connectivity index (χ1n) is 9.99. The Kier molecular flexibility index (Phi) is 6.61. The summed E-state index contributed by atoms with van der Waals surface area (Å²) >= 11 is 0. The molecule has 0 unspecified atom stereocenters. The molecule has 2 aromatic carbocycles. The van der Waals surface area contributed by atoms with Gasteiger partial charge in [0.2, 0.25) is 5.91 Å². The van der Waals surface area contributed by atoms with Crippen LogP contribution in [0.1, 0.15) is 40.1 Å². The Morgan fingerprint density at radius 3 is 2.22 bits per heavy atom. The maximum atomic E-state index is 14.3. The highest BCUT2D eigenvalue weighted by Crippen LogP contribution is 2.33. The van der Waals surface area contributed by atoms with Crippen LogP contribution >= 0.6 is 0 Å². The maximum Gasteiger partial charge on any atom is 0.416 e. The third-order valence-electron chi connectivity index (χ3n) is 5.04. The molecule has 32 heavy (non-hydrogen) atoms. The molecule has 0 aliphatic carbocycles. The van der Waals surface area contributed by atoms with E-state index in [0.717, 1.165) is 12.1 Å². The van der Waals surface area contributed by atoms with Crippen LogP contribution in [-0.2, 0) is 6.18 Å². The number of hydrogen-bond acceptors (Lipinski definition) is 4. The van der Waals surface area contributed by atoms with Crippen LogP contribution in [0.4, 0.5) is 23.2 Å². The number of piperazine rings is 1. The van der Waals surface area contributed by atoms with Crippen LogP contribution in [0.15, 0.2) is 36.4 Å². The van der Waals surface area contributed by atoms with Crippen molar-refractivity contribution in [3.05, 3.63) is 58.9 Å². The van der Waals surface area contributed by atoms with E-state index in [1.54, 1.807) is 18.7 Å². The average molecular weight is 453 g/mol. The first kappa shape index (κ1) is 23.4. The minimum atomic E-state index is -4.63. The Bertz CT molecular complexity index is 1020. The van der Waals surface area contributed by atoms with E-state index in [-0.39, 0.29) is 55.0 Å². The van der Waals surface area contributed by atoms with Crippen molar-refractivity contribution in [1.29, 1.82) is 0 Å². The van der Waals surface area contributed by atoms with Gasteiger partial charge in [-0.2, -0.15) is 13.2 Å². The van der Waals surface area contributed by atoms with Crippen LogP contribution in [0, 0.1) is 5.82 Å². The van der Waals surface area contributed by atoms with Gasteiger partial charge in [0.15, 0.2) is 0 Å². The number of nitrogens with two attached hydrogens (primary N) is 1. The normalized spacial score (nSPS) is 14.6. The van der Waals surface area contributed by atoms with Crippen LogP contribution in [0.2, 0.25) is 0 Å². The van der Waals surface area contributed by atoms with Crippen molar-refractivity contribution in [1.82, 2.24) is 4.90 Å². The second-order valence-corrected chi connectivity index (χ2v) is 7.68. The number of carbonyl (C=O) groups is 2. The number of primary amides is 1. The molecule has 1 saturated heterocycles. The van der Waals surface area contributed by atoms with Crippen LogP contribution < -0.4 is 15.4 Å². The summed E-state index contributed by atoms with van der Waals surface area (Å²) in [7, 11) is 0. The molecular weight excluding hydrogens is 430 g/mol. The molecule has 0 spiro atoms. The molecule has 2 amide bonds. The Labute approximate surface area is 182 Å². The average Bonchev–Trinajstić information content (AvgIpc) is 2.72.